The first kappa shape index (κ1) is 18.2. The van der Waals surface area contributed by atoms with E-state index in [9.17, 15) is 14.4 Å². The molecule has 140 valence electrons. The molecule has 0 atom stereocenters. The van der Waals surface area contributed by atoms with Crippen LogP contribution in [0, 0.1) is 13.8 Å². The van der Waals surface area contributed by atoms with Crippen LogP contribution in [0.2, 0.25) is 0 Å². The van der Waals surface area contributed by atoms with Crippen LogP contribution in [0.4, 0.5) is 0 Å². The summed E-state index contributed by atoms with van der Waals surface area (Å²) in [5.41, 5.74) is 7.50. The number of esters is 1. The van der Waals surface area contributed by atoms with Crippen LogP contribution < -0.4 is 10.9 Å². The minimum atomic E-state index is -0.556. The Morgan fingerprint density at radius 2 is 1.78 bits per heavy atom. The van der Waals surface area contributed by atoms with E-state index in [1.54, 1.807) is 27.0 Å². The number of carbonyl (C=O) groups excluding carboxylic acids is 3. The summed E-state index contributed by atoms with van der Waals surface area (Å²) in [5, 5.41) is 0.751. The van der Waals surface area contributed by atoms with Crippen molar-refractivity contribution in [2.24, 2.45) is 0 Å². The molecule has 3 rings (SSSR count). The molecule has 0 saturated carbocycles. The minimum absolute atomic E-state index is 0.190. The highest BCUT2D eigenvalue weighted by Gasteiger charge is 2.23. The highest BCUT2D eigenvalue weighted by molar-refractivity contribution is 6.08. The van der Waals surface area contributed by atoms with Crippen LogP contribution in [0.15, 0.2) is 30.5 Å². The van der Waals surface area contributed by atoms with Gasteiger partial charge < -0.3 is 14.7 Å². The van der Waals surface area contributed by atoms with Gasteiger partial charge >= 0.3 is 5.97 Å². The van der Waals surface area contributed by atoms with Crippen molar-refractivity contribution in [3.8, 4) is 0 Å². The number of aromatic amines is 2. The maximum Gasteiger partial charge on any atom is 0.340 e. The van der Waals surface area contributed by atoms with Crippen molar-refractivity contribution in [3.63, 3.8) is 0 Å². The number of rotatable bonds is 4. The van der Waals surface area contributed by atoms with E-state index in [1.165, 1.54) is 0 Å². The molecule has 0 aliphatic rings. The predicted molar refractivity (Wildman–Crippen MR) is 99.5 cm³/mol. The lowest BCUT2D eigenvalue weighted by Crippen LogP contribution is -2.42. The number of hydrogen-bond donors (Lipinski definition) is 4. The molecular weight excluding hydrogens is 348 g/mol. The molecule has 0 aliphatic heterocycles. The van der Waals surface area contributed by atoms with Gasteiger partial charge in [0.2, 0.25) is 0 Å². The van der Waals surface area contributed by atoms with Crippen LogP contribution >= 0.6 is 0 Å². The molecule has 2 amide bonds. The summed E-state index contributed by atoms with van der Waals surface area (Å²) in [6.45, 7) is 5.28. The van der Waals surface area contributed by atoms with E-state index < -0.39 is 17.8 Å². The number of aryl methyl sites for hydroxylation is 1. The number of amides is 2. The van der Waals surface area contributed by atoms with Gasteiger partial charge in [-0.15, -0.1) is 0 Å². The first-order valence-electron chi connectivity index (χ1n) is 8.47. The summed E-state index contributed by atoms with van der Waals surface area (Å²) in [6.07, 6.45) is 1.58. The highest BCUT2D eigenvalue weighted by atomic mass is 16.5. The Bertz CT molecular complexity index is 1030. The van der Waals surface area contributed by atoms with Gasteiger partial charge in [0, 0.05) is 22.8 Å². The molecular formula is C19H20N4O4. The maximum atomic E-state index is 12.4. The van der Waals surface area contributed by atoms with E-state index in [1.807, 2.05) is 24.3 Å². The van der Waals surface area contributed by atoms with E-state index in [4.69, 9.17) is 4.74 Å². The molecule has 1 aromatic carbocycles. The van der Waals surface area contributed by atoms with Crippen molar-refractivity contribution in [1.29, 1.82) is 0 Å². The number of H-pyrrole nitrogens is 2. The second kappa shape index (κ2) is 7.36. The van der Waals surface area contributed by atoms with Crippen LogP contribution in [0.25, 0.3) is 10.9 Å². The molecule has 8 heteroatoms. The lowest BCUT2D eigenvalue weighted by molar-refractivity contribution is 0.0524. The van der Waals surface area contributed by atoms with Crippen LogP contribution in [0.5, 0.6) is 0 Å². The second-order valence-corrected chi connectivity index (χ2v) is 6.00. The molecule has 0 radical (unpaired) electrons. The molecule has 0 aliphatic carbocycles. The van der Waals surface area contributed by atoms with E-state index in [0.717, 1.165) is 10.9 Å². The largest absolute Gasteiger partial charge is 0.462 e. The fraction of sp³-hybridized carbons (Fsp3) is 0.211. The number of para-hydroxylation sites is 1. The number of nitrogens with one attached hydrogen (secondary N) is 4. The number of hydrazine groups is 1. The van der Waals surface area contributed by atoms with E-state index in [-0.39, 0.29) is 12.3 Å². The summed E-state index contributed by atoms with van der Waals surface area (Å²) in [4.78, 5) is 42.7. The molecule has 0 saturated heterocycles. The lowest BCUT2D eigenvalue weighted by atomic mass is 10.1. The first-order chi connectivity index (χ1) is 12.9. The molecule has 2 heterocycles. The van der Waals surface area contributed by atoms with Gasteiger partial charge in [-0.3, -0.25) is 20.4 Å². The topological polar surface area (TPSA) is 116 Å². The zero-order valence-corrected chi connectivity index (χ0v) is 15.2. The fourth-order valence-electron chi connectivity index (χ4n) is 2.99. The fourth-order valence-corrected chi connectivity index (χ4v) is 2.99. The number of ether oxygens (including phenoxy) is 1. The zero-order chi connectivity index (χ0) is 19.6. The van der Waals surface area contributed by atoms with Gasteiger partial charge in [-0.05, 0) is 32.4 Å². The average Bonchev–Trinajstić information content (AvgIpc) is 3.20. The van der Waals surface area contributed by atoms with E-state index in [0.29, 0.717) is 22.4 Å². The standard InChI is InChI=1S/C19H20N4O4/c1-4-27-19(26)15-10(2)16(21-11(15)3)18(25)23-22-17(24)13-9-20-14-8-6-5-7-12(13)14/h5-9,20-21H,4H2,1-3H3,(H,22,24)(H,23,25). The lowest BCUT2D eigenvalue weighted by Gasteiger charge is -2.07. The summed E-state index contributed by atoms with van der Waals surface area (Å²) in [7, 11) is 0. The Morgan fingerprint density at radius 1 is 1.07 bits per heavy atom. The Hall–Kier alpha value is -3.55. The van der Waals surface area contributed by atoms with Crippen molar-refractivity contribution in [1.82, 2.24) is 20.8 Å². The smallest absolute Gasteiger partial charge is 0.340 e. The minimum Gasteiger partial charge on any atom is -0.462 e. The van der Waals surface area contributed by atoms with Crippen molar-refractivity contribution >= 4 is 28.7 Å². The van der Waals surface area contributed by atoms with Crippen molar-refractivity contribution < 1.29 is 19.1 Å². The van der Waals surface area contributed by atoms with Crippen LogP contribution in [0.3, 0.4) is 0 Å². The van der Waals surface area contributed by atoms with E-state index in [2.05, 4.69) is 20.8 Å². The number of carbonyl (C=O) groups is 3. The monoisotopic (exact) mass is 368 g/mol. The molecule has 0 bridgehead atoms. The van der Waals surface area contributed by atoms with Crippen molar-refractivity contribution in [2.75, 3.05) is 6.61 Å². The molecule has 3 aromatic rings. The van der Waals surface area contributed by atoms with Gasteiger partial charge in [0.15, 0.2) is 0 Å². The van der Waals surface area contributed by atoms with Crippen LogP contribution in [-0.4, -0.2) is 34.4 Å². The van der Waals surface area contributed by atoms with Crippen LogP contribution in [0.1, 0.15) is 49.4 Å². The quantitative estimate of drug-likeness (QED) is 0.418. The number of aromatic nitrogens is 2. The Morgan fingerprint density at radius 3 is 2.52 bits per heavy atom. The van der Waals surface area contributed by atoms with E-state index >= 15 is 0 Å². The average molecular weight is 368 g/mol. The normalized spacial score (nSPS) is 10.6. The summed E-state index contributed by atoms with van der Waals surface area (Å²) in [6, 6.07) is 7.35. The van der Waals surface area contributed by atoms with Crippen LogP contribution in [-0.2, 0) is 4.74 Å². The molecule has 8 nitrogen and oxygen atoms in total. The third-order valence-electron chi connectivity index (χ3n) is 4.27. The second-order valence-electron chi connectivity index (χ2n) is 6.00. The molecule has 27 heavy (non-hydrogen) atoms. The molecule has 2 aromatic heterocycles. The third kappa shape index (κ3) is 3.41. The number of benzene rings is 1. The summed E-state index contributed by atoms with van der Waals surface area (Å²) < 4.78 is 5.01. The van der Waals surface area contributed by atoms with Crippen molar-refractivity contribution in [2.45, 2.75) is 20.8 Å². The SMILES string of the molecule is CCOC(=O)c1c(C)[nH]c(C(=O)NNC(=O)c2c[nH]c3ccccc23)c1C. The van der Waals surface area contributed by atoms with Crippen molar-refractivity contribution in [3.05, 3.63) is 58.5 Å². The molecule has 0 unspecified atom stereocenters. The number of hydrogen-bond acceptors (Lipinski definition) is 4. The van der Waals surface area contributed by atoms with Gasteiger partial charge in [-0.25, -0.2) is 4.79 Å². The van der Waals surface area contributed by atoms with Gasteiger partial charge in [0.1, 0.15) is 5.69 Å². The maximum absolute atomic E-state index is 12.4. The van der Waals surface area contributed by atoms with Gasteiger partial charge in [0.25, 0.3) is 11.8 Å². The van der Waals surface area contributed by atoms with Gasteiger partial charge in [-0.1, -0.05) is 18.2 Å². The zero-order valence-electron chi connectivity index (χ0n) is 15.2. The number of fused-ring (bicyclic) bond motifs is 1. The van der Waals surface area contributed by atoms with Gasteiger partial charge in [-0.2, -0.15) is 0 Å². The Balaban J connectivity index is 1.74. The third-order valence-corrected chi connectivity index (χ3v) is 4.27. The molecule has 4 N–H and O–H groups in total. The first-order valence-corrected chi connectivity index (χ1v) is 8.47. The molecule has 0 fully saturated rings. The molecule has 0 spiro atoms. The Kier molecular flexibility index (Phi) is 4.98. The Labute approximate surface area is 155 Å². The highest BCUT2D eigenvalue weighted by Crippen LogP contribution is 2.19. The summed E-state index contributed by atoms with van der Waals surface area (Å²) >= 11 is 0. The summed E-state index contributed by atoms with van der Waals surface area (Å²) in [5.74, 6) is -1.50. The predicted octanol–water partition coefficient (Wildman–Crippen LogP) is 2.36. The van der Waals surface area contributed by atoms with Gasteiger partial charge in [0.05, 0.1) is 17.7 Å².